The molecule has 2 aliphatic rings. The molecule has 1 aromatic rings. The van der Waals surface area contributed by atoms with Gasteiger partial charge in [-0.1, -0.05) is 12.1 Å². The Labute approximate surface area is 136 Å². The van der Waals surface area contributed by atoms with Crippen LogP contribution >= 0.6 is 0 Å². The number of methoxy groups -OCH3 is 1. The number of amides is 2. The predicted molar refractivity (Wildman–Crippen MR) is 84.2 cm³/mol. The van der Waals surface area contributed by atoms with Crippen LogP contribution in [0.2, 0.25) is 0 Å². The average molecular weight is 318 g/mol. The largest absolute Gasteiger partial charge is 0.497 e. The summed E-state index contributed by atoms with van der Waals surface area (Å²) in [4.78, 5) is 28.2. The zero-order valence-corrected chi connectivity index (χ0v) is 13.4. The Morgan fingerprint density at radius 3 is 2.52 bits per heavy atom. The quantitative estimate of drug-likeness (QED) is 0.748. The molecule has 0 saturated carbocycles. The van der Waals surface area contributed by atoms with E-state index in [1.54, 1.807) is 7.11 Å². The van der Waals surface area contributed by atoms with Crippen LogP contribution in [0.15, 0.2) is 24.3 Å². The van der Waals surface area contributed by atoms with Gasteiger partial charge in [0.15, 0.2) is 0 Å². The lowest BCUT2D eigenvalue weighted by molar-refractivity contribution is -0.140. The van der Waals surface area contributed by atoms with Crippen molar-refractivity contribution in [1.29, 1.82) is 0 Å². The van der Waals surface area contributed by atoms with Crippen LogP contribution < -0.4 is 4.74 Å². The van der Waals surface area contributed by atoms with Gasteiger partial charge >= 0.3 is 0 Å². The number of imide groups is 1. The number of benzene rings is 1. The average Bonchev–Trinajstić information content (AvgIpc) is 2.88. The monoisotopic (exact) mass is 318 g/mol. The zero-order chi connectivity index (χ0) is 16.2. The predicted octanol–water partition coefficient (Wildman–Crippen LogP) is 0.697. The van der Waals surface area contributed by atoms with Crippen molar-refractivity contribution >= 4 is 11.8 Å². The van der Waals surface area contributed by atoms with Crippen molar-refractivity contribution < 1.29 is 19.1 Å². The number of morpholine rings is 1. The number of likely N-dealkylation sites (tertiary alicyclic amines) is 1. The molecule has 3 rings (SSSR count). The molecule has 23 heavy (non-hydrogen) atoms. The van der Waals surface area contributed by atoms with E-state index in [1.807, 2.05) is 24.3 Å². The first-order chi connectivity index (χ1) is 11.2. The van der Waals surface area contributed by atoms with E-state index in [0.717, 1.165) is 24.4 Å². The molecule has 2 fully saturated rings. The van der Waals surface area contributed by atoms with Crippen molar-refractivity contribution in [3.05, 3.63) is 29.8 Å². The SMILES string of the molecule is COc1ccc(CCN2C(=O)C[C@@H](N3CCOCC3)C2=O)cc1. The van der Waals surface area contributed by atoms with E-state index in [2.05, 4.69) is 4.90 Å². The minimum Gasteiger partial charge on any atom is -0.497 e. The second kappa shape index (κ2) is 7.10. The molecule has 1 aromatic carbocycles. The number of ether oxygens (including phenoxy) is 2. The van der Waals surface area contributed by atoms with Gasteiger partial charge in [-0.2, -0.15) is 0 Å². The molecular weight excluding hydrogens is 296 g/mol. The summed E-state index contributed by atoms with van der Waals surface area (Å²) in [6, 6.07) is 7.40. The van der Waals surface area contributed by atoms with Gasteiger partial charge < -0.3 is 9.47 Å². The molecule has 2 heterocycles. The normalized spacial score (nSPS) is 22.7. The maximum Gasteiger partial charge on any atom is 0.247 e. The molecule has 6 nitrogen and oxygen atoms in total. The maximum absolute atomic E-state index is 12.5. The van der Waals surface area contributed by atoms with Crippen LogP contribution in [0.4, 0.5) is 0 Å². The summed E-state index contributed by atoms with van der Waals surface area (Å²) >= 11 is 0. The van der Waals surface area contributed by atoms with Crippen molar-refractivity contribution in [3.63, 3.8) is 0 Å². The summed E-state index contributed by atoms with van der Waals surface area (Å²) in [5, 5.41) is 0. The molecule has 0 radical (unpaired) electrons. The fourth-order valence-corrected chi connectivity index (χ4v) is 3.11. The Kier molecular flexibility index (Phi) is 4.93. The first-order valence-corrected chi connectivity index (χ1v) is 7.98. The topological polar surface area (TPSA) is 59.1 Å². The van der Waals surface area contributed by atoms with Gasteiger partial charge in [-0.15, -0.1) is 0 Å². The van der Waals surface area contributed by atoms with Crippen molar-refractivity contribution in [2.24, 2.45) is 0 Å². The summed E-state index contributed by atoms with van der Waals surface area (Å²) in [5.41, 5.74) is 1.08. The third-order valence-electron chi connectivity index (χ3n) is 4.49. The molecule has 0 spiro atoms. The second-order valence-corrected chi connectivity index (χ2v) is 5.85. The fraction of sp³-hybridized carbons (Fsp3) is 0.529. The minimum absolute atomic E-state index is 0.0644. The van der Waals surface area contributed by atoms with E-state index >= 15 is 0 Å². The highest BCUT2D eigenvalue weighted by Crippen LogP contribution is 2.20. The van der Waals surface area contributed by atoms with Crippen molar-refractivity contribution in [1.82, 2.24) is 9.80 Å². The van der Waals surface area contributed by atoms with Crippen LogP contribution in [0.25, 0.3) is 0 Å². The van der Waals surface area contributed by atoms with Gasteiger partial charge in [-0.3, -0.25) is 19.4 Å². The van der Waals surface area contributed by atoms with Crippen LogP contribution in [0, 0.1) is 0 Å². The van der Waals surface area contributed by atoms with Gasteiger partial charge in [-0.05, 0) is 24.1 Å². The van der Waals surface area contributed by atoms with Crippen LogP contribution in [0.3, 0.4) is 0 Å². The summed E-state index contributed by atoms with van der Waals surface area (Å²) in [5.74, 6) is 0.667. The lowest BCUT2D eigenvalue weighted by Gasteiger charge is -2.30. The number of hydrogen-bond acceptors (Lipinski definition) is 5. The Morgan fingerprint density at radius 1 is 1.17 bits per heavy atom. The van der Waals surface area contributed by atoms with E-state index in [-0.39, 0.29) is 17.9 Å². The molecule has 2 amide bonds. The molecule has 0 bridgehead atoms. The lowest BCUT2D eigenvalue weighted by atomic mass is 10.1. The van der Waals surface area contributed by atoms with Crippen LogP contribution in [0.1, 0.15) is 12.0 Å². The fourth-order valence-electron chi connectivity index (χ4n) is 3.11. The summed E-state index contributed by atoms with van der Waals surface area (Å²) in [6.45, 7) is 3.13. The zero-order valence-electron chi connectivity index (χ0n) is 13.4. The molecule has 0 N–H and O–H groups in total. The Morgan fingerprint density at radius 2 is 1.87 bits per heavy atom. The minimum atomic E-state index is -0.303. The number of nitrogens with zero attached hydrogens (tertiary/aromatic N) is 2. The summed E-state index contributed by atoms with van der Waals surface area (Å²) in [7, 11) is 1.63. The van der Waals surface area contributed by atoms with Gasteiger partial charge in [0, 0.05) is 19.6 Å². The Balaban J connectivity index is 1.58. The number of rotatable bonds is 5. The van der Waals surface area contributed by atoms with Crippen molar-refractivity contribution in [3.8, 4) is 5.75 Å². The van der Waals surface area contributed by atoms with Crippen molar-refractivity contribution in [2.75, 3.05) is 40.0 Å². The van der Waals surface area contributed by atoms with E-state index in [9.17, 15) is 9.59 Å². The van der Waals surface area contributed by atoms with Gasteiger partial charge in [0.25, 0.3) is 0 Å². The van der Waals surface area contributed by atoms with Crippen LogP contribution in [-0.2, 0) is 20.7 Å². The summed E-state index contributed by atoms with van der Waals surface area (Å²) < 4.78 is 10.4. The van der Waals surface area contributed by atoms with E-state index in [0.29, 0.717) is 32.6 Å². The molecule has 2 saturated heterocycles. The number of hydrogen-bond donors (Lipinski definition) is 0. The van der Waals surface area contributed by atoms with Gasteiger partial charge in [0.2, 0.25) is 11.8 Å². The molecule has 0 unspecified atom stereocenters. The highest BCUT2D eigenvalue weighted by Gasteiger charge is 2.41. The van der Waals surface area contributed by atoms with Crippen LogP contribution in [-0.4, -0.2) is 67.6 Å². The first kappa shape index (κ1) is 16.0. The van der Waals surface area contributed by atoms with Crippen molar-refractivity contribution in [2.45, 2.75) is 18.9 Å². The molecule has 124 valence electrons. The number of carbonyl (C=O) groups excluding carboxylic acids is 2. The Hall–Kier alpha value is -1.92. The molecular formula is C17H22N2O4. The lowest BCUT2D eigenvalue weighted by Crippen LogP contribution is -2.47. The smallest absolute Gasteiger partial charge is 0.247 e. The highest BCUT2D eigenvalue weighted by atomic mass is 16.5. The number of carbonyl (C=O) groups is 2. The van der Waals surface area contributed by atoms with Crippen LogP contribution in [0.5, 0.6) is 5.75 Å². The molecule has 6 heteroatoms. The van der Waals surface area contributed by atoms with Gasteiger partial charge in [0.1, 0.15) is 5.75 Å². The molecule has 1 atom stereocenters. The third kappa shape index (κ3) is 3.54. The Bertz CT molecular complexity index is 566. The third-order valence-corrected chi connectivity index (χ3v) is 4.49. The van der Waals surface area contributed by atoms with Gasteiger partial charge in [-0.25, -0.2) is 0 Å². The first-order valence-electron chi connectivity index (χ1n) is 7.98. The maximum atomic E-state index is 12.5. The standard InChI is InChI=1S/C17H22N2O4/c1-22-14-4-2-13(3-5-14)6-7-19-16(20)12-15(17(19)21)18-8-10-23-11-9-18/h2-5,15H,6-12H2,1H3/t15-/m1/s1. The van der Waals surface area contributed by atoms with E-state index in [4.69, 9.17) is 9.47 Å². The summed E-state index contributed by atoms with van der Waals surface area (Å²) in [6.07, 6.45) is 0.957. The molecule has 2 aliphatic heterocycles. The highest BCUT2D eigenvalue weighted by molar-refractivity contribution is 6.05. The van der Waals surface area contributed by atoms with Gasteiger partial charge in [0.05, 0.1) is 32.8 Å². The molecule has 0 aliphatic carbocycles. The van der Waals surface area contributed by atoms with E-state index in [1.165, 1.54) is 4.90 Å². The molecule has 0 aromatic heterocycles. The second-order valence-electron chi connectivity index (χ2n) is 5.85. The van der Waals surface area contributed by atoms with E-state index < -0.39 is 0 Å².